The first-order chi connectivity index (χ1) is 17.2. The Hall–Kier alpha value is 1.05. The molecule has 0 rings (SSSR count). The lowest BCUT2D eigenvalue weighted by Crippen LogP contribution is -2.21. The second kappa shape index (κ2) is 29.6. The maximum atomic E-state index is 5.34. The van der Waals surface area contributed by atoms with E-state index in [1.54, 1.807) is 0 Å². The minimum absolute atomic E-state index is 0.305. The molecule has 35 heavy (non-hydrogen) atoms. The molecule has 1 atom stereocenters. The van der Waals surface area contributed by atoms with Crippen LogP contribution in [0, 0.1) is 0 Å². The molecule has 0 bridgehead atoms. The van der Waals surface area contributed by atoms with Crippen molar-refractivity contribution in [1.29, 1.82) is 0 Å². The van der Waals surface area contributed by atoms with Crippen molar-refractivity contribution in [3.63, 3.8) is 0 Å². The van der Waals surface area contributed by atoms with E-state index in [1.165, 1.54) is 180 Å². The molecule has 0 saturated carbocycles. The van der Waals surface area contributed by atoms with E-state index >= 15 is 0 Å². The molecule has 0 aromatic heterocycles. The minimum Gasteiger partial charge on any atom is -0.179 e. The Morgan fingerprint density at radius 2 is 0.571 bits per heavy atom. The molecule has 0 nitrogen and oxygen atoms in total. The van der Waals surface area contributed by atoms with E-state index in [9.17, 15) is 0 Å². The van der Waals surface area contributed by atoms with Crippen molar-refractivity contribution >= 4 is 37.9 Å². The van der Waals surface area contributed by atoms with Gasteiger partial charge in [-0.1, -0.05) is 155 Å². The molecule has 0 aliphatic heterocycles. The second-order valence-electron chi connectivity index (χ2n) is 11.4. The molecule has 0 saturated heterocycles. The Bertz CT molecular complexity index is 387. The summed E-state index contributed by atoms with van der Waals surface area (Å²) in [5.41, 5.74) is 0. The van der Waals surface area contributed by atoms with E-state index in [-0.39, 0.29) is 0 Å². The van der Waals surface area contributed by atoms with Gasteiger partial charge >= 0.3 is 0 Å². The van der Waals surface area contributed by atoms with Gasteiger partial charge in [-0.15, -0.1) is 0 Å². The molecule has 0 N–H and O–H groups in total. The van der Waals surface area contributed by atoms with Crippen LogP contribution in [0.5, 0.6) is 0 Å². The molecule has 1 unspecified atom stereocenters. The average molecular weight is 547 g/mol. The summed E-state index contributed by atoms with van der Waals surface area (Å²) in [6, 6.07) is 0. The molecule has 0 fully saturated rings. The third kappa shape index (κ3) is 27.9. The van der Waals surface area contributed by atoms with E-state index < -0.39 is 0 Å². The average Bonchev–Trinajstić information content (AvgIpc) is 2.86. The fraction of sp³-hybridized carbons (Fsp3) is 1.00. The van der Waals surface area contributed by atoms with Crippen molar-refractivity contribution < 1.29 is 0 Å². The zero-order valence-corrected chi connectivity index (χ0v) is 26.7. The van der Waals surface area contributed by atoms with E-state index in [1.807, 2.05) is 0 Å². The normalized spacial score (nSPS) is 13.4. The fourth-order valence-electron chi connectivity index (χ4n) is 5.39. The zero-order valence-electron chi connectivity index (χ0n) is 24.1. The van der Waals surface area contributed by atoms with E-state index in [4.69, 9.17) is 12.6 Å². The van der Waals surface area contributed by atoms with Crippen LogP contribution in [0.3, 0.4) is 0 Å². The first-order valence-electron chi connectivity index (χ1n) is 16.1. The Balaban J connectivity index is 4.01. The quantitative estimate of drug-likeness (QED) is 0.0579. The molecule has 0 heterocycles. The first-order valence-corrected chi connectivity index (χ1v) is 17.8. The van der Waals surface area contributed by atoms with Gasteiger partial charge in [-0.25, -0.2) is 0 Å². The predicted octanol–water partition coefficient (Wildman–Crippen LogP) is 12.5. The van der Waals surface area contributed by atoms with Crippen LogP contribution < -0.4 is 0 Å². The van der Waals surface area contributed by atoms with E-state index in [2.05, 4.69) is 32.2 Å². The zero-order chi connectivity index (χ0) is 25.7. The predicted molar refractivity (Wildman–Crippen MR) is 174 cm³/mol. The summed E-state index contributed by atoms with van der Waals surface area (Å²) in [7, 11) is 0. The van der Waals surface area contributed by atoms with Crippen molar-refractivity contribution in [2.75, 3.05) is 11.5 Å². The Labute approximate surface area is 240 Å². The maximum absolute atomic E-state index is 5.34. The highest BCUT2D eigenvalue weighted by Crippen LogP contribution is 2.35. The molecule has 0 amide bonds. The Kier molecular flexibility index (Phi) is 30.5. The Morgan fingerprint density at radius 1 is 0.343 bits per heavy atom. The van der Waals surface area contributed by atoms with Crippen molar-refractivity contribution in [3.05, 3.63) is 0 Å². The summed E-state index contributed by atoms with van der Waals surface area (Å²) in [5, 5.41) is 0. The van der Waals surface area contributed by atoms with Gasteiger partial charge in [0, 0.05) is 4.75 Å². The number of unbranched alkanes of at least 4 members (excludes halogenated alkanes) is 22. The van der Waals surface area contributed by atoms with Gasteiger partial charge in [0.25, 0.3) is 0 Å². The molecule has 0 aliphatic rings. The molecule has 0 aromatic carbocycles. The molecular formula is C32H66S3. The highest BCUT2D eigenvalue weighted by molar-refractivity contribution is 7.81. The van der Waals surface area contributed by atoms with Crippen LogP contribution >= 0.6 is 37.9 Å². The van der Waals surface area contributed by atoms with Crippen LogP contribution in [0.4, 0.5) is 0 Å². The van der Waals surface area contributed by atoms with Crippen molar-refractivity contribution in [2.24, 2.45) is 0 Å². The van der Waals surface area contributed by atoms with Gasteiger partial charge in [-0.2, -0.15) is 37.9 Å². The van der Waals surface area contributed by atoms with Gasteiger partial charge in [0.15, 0.2) is 0 Å². The number of hydrogen-bond donors (Lipinski definition) is 3. The summed E-state index contributed by atoms with van der Waals surface area (Å²) in [6.45, 7) is 2.31. The lowest BCUT2D eigenvalue weighted by molar-refractivity contribution is 0.405. The van der Waals surface area contributed by atoms with Crippen LogP contribution in [0.25, 0.3) is 0 Å². The van der Waals surface area contributed by atoms with Gasteiger partial charge in [-0.3, -0.25) is 0 Å². The lowest BCUT2D eigenvalue weighted by atomic mass is 9.88. The topological polar surface area (TPSA) is 0 Å². The lowest BCUT2D eigenvalue weighted by Gasteiger charge is -2.29. The molecule has 212 valence electrons. The maximum Gasteiger partial charge on any atom is 0.0130 e. The van der Waals surface area contributed by atoms with Gasteiger partial charge in [-0.05, 0) is 43.6 Å². The first kappa shape index (κ1) is 36.0. The van der Waals surface area contributed by atoms with E-state index in [0.717, 1.165) is 11.5 Å². The van der Waals surface area contributed by atoms with Crippen LogP contribution in [0.1, 0.15) is 187 Å². The molecule has 0 aromatic rings. The highest BCUT2D eigenvalue weighted by atomic mass is 32.1. The smallest absolute Gasteiger partial charge is 0.0130 e. The second-order valence-corrected chi connectivity index (χ2v) is 13.2. The summed E-state index contributed by atoms with van der Waals surface area (Å²) in [4.78, 5) is 0. The minimum atomic E-state index is 0.305. The van der Waals surface area contributed by atoms with Gasteiger partial charge in [0.1, 0.15) is 0 Å². The third-order valence-electron chi connectivity index (χ3n) is 7.85. The molecular weight excluding hydrogens is 481 g/mol. The SMILES string of the molecule is CCCCCCCCCCCC(S)(CCCCCCCCS)CCCCCCCCCCCCS. The van der Waals surface area contributed by atoms with Gasteiger partial charge in [0.05, 0.1) is 0 Å². The third-order valence-corrected chi connectivity index (χ3v) is 9.15. The molecule has 3 heteroatoms. The van der Waals surface area contributed by atoms with Crippen molar-refractivity contribution in [1.82, 2.24) is 0 Å². The van der Waals surface area contributed by atoms with Gasteiger partial charge in [0.2, 0.25) is 0 Å². The largest absolute Gasteiger partial charge is 0.179 e. The fourth-order valence-corrected chi connectivity index (χ4v) is 6.31. The standard InChI is InChI=1S/C32H66S3/c1-2-3-4-5-6-9-12-17-22-27-32(35,29-24-19-14-16-21-26-31-34)28-23-18-13-10-7-8-11-15-20-25-30-33/h33-35H,2-31H2,1H3. The molecule has 0 aliphatic carbocycles. The summed E-state index contributed by atoms with van der Waals surface area (Å²) in [5.74, 6) is 2.11. The molecule has 0 radical (unpaired) electrons. The van der Waals surface area contributed by atoms with E-state index in [0.29, 0.717) is 4.75 Å². The molecule has 0 spiro atoms. The summed E-state index contributed by atoms with van der Waals surface area (Å²) in [6.07, 6.45) is 39.2. The summed E-state index contributed by atoms with van der Waals surface area (Å²) >= 11 is 14.0. The number of rotatable bonds is 30. The number of thiol groups is 3. The highest BCUT2D eigenvalue weighted by Gasteiger charge is 2.23. The van der Waals surface area contributed by atoms with Gasteiger partial charge < -0.3 is 0 Å². The number of hydrogen-bond acceptors (Lipinski definition) is 3. The van der Waals surface area contributed by atoms with Crippen LogP contribution in [0.15, 0.2) is 0 Å². The van der Waals surface area contributed by atoms with Crippen LogP contribution in [0.2, 0.25) is 0 Å². The van der Waals surface area contributed by atoms with Crippen molar-refractivity contribution in [3.8, 4) is 0 Å². The van der Waals surface area contributed by atoms with Crippen LogP contribution in [-0.4, -0.2) is 16.3 Å². The Morgan fingerprint density at radius 3 is 0.829 bits per heavy atom. The monoisotopic (exact) mass is 546 g/mol. The summed E-state index contributed by atoms with van der Waals surface area (Å²) < 4.78 is 0.305. The van der Waals surface area contributed by atoms with Crippen molar-refractivity contribution in [2.45, 2.75) is 191 Å². The van der Waals surface area contributed by atoms with Crippen LogP contribution in [-0.2, 0) is 0 Å².